The predicted octanol–water partition coefficient (Wildman–Crippen LogP) is 3.58. The van der Waals surface area contributed by atoms with Crippen molar-refractivity contribution in [3.05, 3.63) is 64.9 Å². The fraction of sp³-hybridized carbons (Fsp3) is 0.304. The minimum atomic E-state index is -0.603. The van der Waals surface area contributed by atoms with Gasteiger partial charge in [-0.15, -0.1) is 11.8 Å². The number of hydrogen-bond acceptors (Lipinski definition) is 8. The maximum absolute atomic E-state index is 13.0. The van der Waals surface area contributed by atoms with E-state index in [0.29, 0.717) is 18.0 Å². The Bertz CT molecular complexity index is 1000. The molecule has 0 fully saturated rings. The Morgan fingerprint density at radius 1 is 0.935 bits per heavy atom. The van der Waals surface area contributed by atoms with Gasteiger partial charge in [-0.25, -0.2) is 9.59 Å². The first-order chi connectivity index (χ1) is 14.9. The molecule has 2 aromatic carbocycles. The highest BCUT2D eigenvalue weighted by Gasteiger charge is 2.36. The summed E-state index contributed by atoms with van der Waals surface area (Å²) in [6.45, 7) is 0.356. The van der Waals surface area contributed by atoms with E-state index in [9.17, 15) is 9.59 Å². The normalized spacial score (nSPS) is 18.4. The van der Waals surface area contributed by atoms with E-state index < -0.39 is 17.2 Å². The van der Waals surface area contributed by atoms with Crippen molar-refractivity contribution in [2.24, 2.45) is 0 Å². The molecule has 0 amide bonds. The van der Waals surface area contributed by atoms with Crippen molar-refractivity contribution in [2.75, 3.05) is 35.5 Å². The van der Waals surface area contributed by atoms with Crippen LogP contribution < -0.4 is 9.47 Å². The predicted molar refractivity (Wildman–Crippen MR) is 117 cm³/mol. The fourth-order valence-electron chi connectivity index (χ4n) is 3.52. The van der Waals surface area contributed by atoms with E-state index >= 15 is 0 Å². The number of ether oxygens (including phenoxy) is 4. The van der Waals surface area contributed by atoms with Gasteiger partial charge in [-0.05, 0) is 23.3 Å². The molecule has 1 unspecified atom stereocenters. The zero-order chi connectivity index (χ0) is 22.5. The molecule has 0 N–H and O–H groups in total. The standard InChI is InChI=1S/C23H25NO6S/c1-24-13-15-11-16(27-2)17(28-3)12-18(15)31-21(14-9-7-6-8-10-14)19(22(25)29-4)20(24)23(26)30-5/h6-12,21H,13H2,1-5H3/b20-19+. The Morgan fingerprint density at radius 2 is 1.55 bits per heavy atom. The van der Waals surface area contributed by atoms with E-state index in [2.05, 4.69) is 0 Å². The van der Waals surface area contributed by atoms with Crippen molar-refractivity contribution in [3.8, 4) is 11.5 Å². The summed E-state index contributed by atoms with van der Waals surface area (Å²) in [4.78, 5) is 28.4. The molecule has 1 atom stereocenters. The Morgan fingerprint density at radius 3 is 2.13 bits per heavy atom. The first kappa shape index (κ1) is 22.6. The van der Waals surface area contributed by atoms with Gasteiger partial charge in [0, 0.05) is 18.5 Å². The van der Waals surface area contributed by atoms with Crippen LogP contribution in [0.2, 0.25) is 0 Å². The van der Waals surface area contributed by atoms with Crippen LogP contribution in [-0.2, 0) is 25.6 Å². The maximum Gasteiger partial charge on any atom is 0.354 e. The molecule has 1 aliphatic heterocycles. The van der Waals surface area contributed by atoms with E-state index in [1.165, 1.54) is 26.0 Å². The molecule has 31 heavy (non-hydrogen) atoms. The van der Waals surface area contributed by atoms with Gasteiger partial charge in [-0.2, -0.15) is 0 Å². The van der Waals surface area contributed by atoms with Gasteiger partial charge in [-0.3, -0.25) is 0 Å². The summed E-state index contributed by atoms with van der Waals surface area (Å²) in [7, 11) is 7.49. The molecule has 2 aromatic rings. The zero-order valence-electron chi connectivity index (χ0n) is 18.1. The van der Waals surface area contributed by atoms with Crippen molar-refractivity contribution in [2.45, 2.75) is 16.7 Å². The number of benzene rings is 2. The first-order valence-corrected chi connectivity index (χ1v) is 10.4. The Kier molecular flexibility index (Phi) is 7.12. The van der Waals surface area contributed by atoms with E-state index in [1.54, 1.807) is 26.2 Å². The second-order valence-corrected chi connectivity index (χ2v) is 7.97. The van der Waals surface area contributed by atoms with Crippen LogP contribution in [0.4, 0.5) is 0 Å². The topological polar surface area (TPSA) is 74.3 Å². The van der Waals surface area contributed by atoms with Gasteiger partial charge in [0.15, 0.2) is 11.5 Å². The molecule has 0 bridgehead atoms. The lowest BCUT2D eigenvalue weighted by Gasteiger charge is -2.31. The summed E-state index contributed by atoms with van der Waals surface area (Å²) in [5.41, 5.74) is 2.17. The van der Waals surface area contributed by atoms with Crippen molar-refractivity contribution >= 4 is 23.7 Å². The Labute approximate surface area is 185 Å². The number of rotatable bonds is 5. The minimum absolute atomic E-state index is 0.163. The number of carbonyl (C=O) groups excluding carboxylic acids is 2. The van der Waals surface area contributed by atoms with Crippen LogP contribution in [0.3, 0.4) is 0 Å². The number of thioether (sulfide) groups is 1. The quantitative estimate of drug-likeness (QED) is 0.650. The van der Waals surface area contributed by atoms with Crippen LogP contribution in [0.5, 0.6) is 11.5 Å². The van der Waals surface area contributed by atoms with Gasteiger partial charge >= 0.3 is 11.9 Å². The van der Waals surface area contributed by atoms with Crippen molar-refractivity contribution in [3.63, 3.8) is 0 Å². The van der Waals surface area contributed by atoms with Crippen molar-refractivity contribution in [1.29, 1.82) is 0 Å². The van der Waals surface area contributed by atoms with Crippen molar-refractivity contribution < 1.29 is 28.5 Å². The first-order valence-electron chi connectivity index (χ1n) is 9.53. The van der Waals surface area contributed by atoms with E-state index in [-0.39, 0.29) is 11.3 Å². The SMILES string of the molecule is COC(=O)/C1=C(\C(=O)OC)N(C)Cc2cc(OC)c(OC)cc2SC1c1ccccc1. The van der Waals surface area contributed by atoms with Crippen LogP contribution in [0.15, 0.2) is 58.6 Å². The Hall–Kier alpha value is -3.13. The number of fused-ring (bicyclic) bond motifs is 1. The average molecular weight is 444 g/mol. The summed E-state index contributed by atoms with van der Waals surface area (Å²) in [5, 5.41) is -0.512. The highest BCUT2D eigenvalue weighted by Crippen LogP contribution is 2.48. The summed E-state index contributed by atoms with van der Waals surface area (Å²) in [6.07, 6.45) is 0. The molecular weight excluding hydrogens is 418 g/mol. The third-order valence-electron chi connectivity index (χ3n) is 5.00. The van der Waals surface area contributed by atoms with Gasteiger partial charge in [0.25, 0.3) is 0 Å². The average Bonchev–Trinajstić information content (AvgIpc) is 2.80. The minimum Gasteiger partial charge on any atom is -0.493 e. The fourth-order valence-corrected chi connectivity index (χ4v) is 4.85. The highest BCUT2D eigenvalue weighted by molar-refractivity contribution is 7.99. The lowest BCUT2D eigenvalue weighted by molar-refractivity contribution is -0.140. The van der Waals surface area contributed by atoms with E-state index in [1.807, 2.05) is 42.5 Å². The largest absolute Gasteiger partial charge is 0.493 e. The molecular formula is C23H25NO6S. The number of methoxy groups -OCH3 is 4. The molecule has 0 saturated carbocycles. The highest BCUT2D eigenvalue weighted by atomic mass is 32.2. The molecule has 0 aliphatic carbocycles. The Balaban J connectivity index is 2.30. The molecule has 164 valence electrons. The van der Waals surface area contributed by atoms with Gasteiger partial charge in [0.2, 0.25) is 0 Å². The van der Waals surface area contributed by atoms with Crippen LogP contribution in [0.1, 0.15) is 16.4 Å². The van der Waals surface area contributed by atoms with Crippen LogP contribution in [-0.4, -0.2) is 52.3 Å². The van der Waals surface area contributed by atoms with Crippen LogP contribution in [0, 0.1) is 0 Å². The summed E-state index contributed by atoms with van der Waals surface area (Å²) < 4.78 is 21.1. The molecule has 7 nitrogen and oxygen atoms in total. The molecule has 1 heterocycles. The smallest absolute Gasteiger partial charge is 0.354 e. The third-order valence-corrected chi connectivity index (χ3v) is 6.38. The summed E-state index contributed by atoms with van der Waals surface area (Å²) in [6, 6.07) is 13.3. The number of hydrogen-bond donors (Lipinski definition) is 0. The lowest BCUT2D eigenvalue weighted by atomic mass is 10.0. The zero-order valence-corrected chi connectivity index (χ0v) is 18.9. The molecule has 0 spiro atoms. The second kappa shape index (κ2) is 9.78. The number of esters is 2. The molecule has 1 aliphatic rings. The van der Waals surface area contributed by atoms with Crippen LogP contribution >= 0.6 is 11.8 Å². The molecule has 0 aromatic heterocycles. The third kappa shape index (κ3) is 4.49. The van der Waals surface area contributed by atoms with Gasteiger partial charge in [0.05, 0.1) is 39.3 Å². The number of nitrogens with zero attached hydrogens (tertiary/aromatic N) is 1. The van der Waals surface area contributed by atoms with E-state index in [0.717, 1.165) is 16.0 Å². The summed E-state index contributed by atoms with van der Waals surface area (Å²) >= 11 is 1.45. The monoisotopic (exact) mass is 443 g/mol. The van der Waals surface area contributed by atoms with Crippen LogP contribution in [0.25, 0.3) is 0 Å². The molecule has 0 saturated heterocycles. The van der Waals surface area contributed by atoms with Gasteiger partial charge < -0.3 is 23.8 Å². The molecule has 3 rings (SSSR count). The number of carbonyl (C=O) groups is 2. The van der Waals surface area contributed by atoms with Gasteiger partial charge in [-0.1, -0.05) is 30.3 Å². The van der Waals surface area contributed by atoms with E-state index in [4.69, 9.17) is 18.9 Å². The molecule has 8 heteroatoms. The van der Waals surface area contributed by atoms with Gasteiger partial charge in [0.1, 0.15) is 5.70 Å². The maximum atomic E-state index is 13.0. The lowest BCUT2D eigenvalue weighted by Crippen LogP contribution is -2.31. The molecule has 0 radical (unpaired) electrons. The second-order valence-electron chi connectivity index (χ2n) is 6.82. The van der Waals surface area contributed by atoms with Crippen molar-refractivity contribution in [1.82, 2.24) is 4.90 Å². The number of likely N-dealkylation sites (N-methyl/N-ethyl adjacent to an activating group) is 1. The summed E-state index contributed by atoms with van der Waals surface area (Å²) in [5.74, 6) is -0.0182.